The normalized spacial score (nSPS) is 11.1. The largest absolute Gasteiger partial charge is 0.317 e. The Bertz CT molecular complexity index is 995. The molecule has 0 radical (unpaired) electrons. The van der Waals surface area contributed by atoms with Crippen LogP contribution >= 0.6 is 27.7 Å². The molecular weight excluding hydrogens is 434 g/mol. The zero-order valence-corrected chi connectivity index (χ0v) is 18.5. The van der Waals surface area contributed by atoms with Crippen molar-refractivity contribution in [2.45, 2.75) is 25.7 Å². The van der Waals surface area contributed by atoms with Crippen LogP contribution in [-0.2, 0) is 4.79 Å². The van der Waals surface area contributed by atoms with Crippen LogP contribution in [0.5, 0.6) is 0 Å². The average molecular weight is 456 g/mol. The van der Waals surface area contributed by atoms with Gasteiger partial charge in [-0.25, -0.2) is 5.43 Å². The Balaban J connectivity index is 1.69. The lowest BCUT2D eigenvalue weighted by Gasteiger charge is -2.09. The van der Waals surface area contributed by atoms with Gasteiger partial charge in [-0.05, 0) is 61.0 Å². The molecule has 1 aromatic heterocycles. The van der Waals surface area contributed by atoms with Gasteiger partial charge in [-0.2, -0.15) is 5.10 Å². The highest BCUT2D eigenvalue weighted by atomic mass is 79.9. The van der Waals surface area contributed by atoms with E-state index in [1.54, 1.807) is 6.21 Å². The van der Waals surface area contributed by atoms with Crippen LogP contribution in [0.3, 0.4) is 0 Å². The molecule has 0 atom stereocenters. The van der Waals surface area contributed by atoms with Crippen molar-refractivity contribution in [1.82, 2.24) is 9.99 Å². The molecule has 0 bridgehead atoms. The Labute approximate surface area is 178 Å². The van der Waals surface area contributed by atoms with Crippen LogP contribution in [0.4, 0.5) is 0 Å². The van der Waals surface area contributed by atoms with Gasteiger partial charge in [-0.15, -0.1) is 11.8 Å². The number of amides is 1. The number of hydrogen-bond donors (Lipinski definition) is 1. The second-order valence-electron chi connectivity index (χ2n) is 6.46. The average Bonchev–Trinajstić information content (AvgIpc) is 2.91. The molecule has 3 rings (SSSR count). The summed E-state index contributed by atoms with van der Waals surface area (Å²) < 4.78 is 3.15. The summed E-state index contributed by atoms with van der Waals surface area (Å²) in [6, 6.07) is 18.2. The van der Waals surface area contributed by atoms with Crippen molar-refractivity contribution < 1.29 is 4.79 Å². The van der Waals surface area contributed by atoms with Crippen LogP contribution < -0.4 is 5.43 Å². The molecule has 6 heteroatoms. The molecule has 2 aromatic carbocycles. The Morgan fingerprint density at radius 2 is 1.75 bits per heavy atom. The molecule has 0 saturated heterocycles. The van der Waals surface area contributed by atoms with Crippen LogP contribution in [0.1, 0.15) is 22.5 Å². The van der Waals surface area contributed by atoms with Crippen molar-refractivity contribution >= 4 is 39.8 Å². The maximum Gasteiger partial charge on any atom is 0.250 e. The minimum atomic E-state index is -0.131. The minimum Gasteiger partial charge on any atom is -0.317 e. The first-order valence-electron chi connectivity index (χ1n) is 8.91. The van der Waals surface area contributed by atoms with Crippen LogP contribution in [0.25, 0.3) is 5.69 Å². The fourth-order valence-electron chi connectivity index (χ4n) is 2.92. The number of nitrogens with zero attached hydrogens (tertiary/aromatic N) is 2. The molecular formula is C22H22BrN3OS. The van der Waals surface area contributed by atoms with Crippen LogP contribution in [0.2, 0.25) is 0 Å². The van der Waals surface area contributed by atoms with E-state index in [9.17, 15) is 4.79 Å². The molecule has 0 aliphatic carbocycles. The molecule has 0 unspecified atom stereocenters. The highest BCUT2D eigenvalue weighted by Gasteiger charge is 2.15. The number of thioether (sulfide) groups is 1. The summed E-state index contributed by atoms with van der Waals surface area (Å²) in [6.07, 6.45) is 1.70. The van der Waals surface area contributed by atoms with E-state index in [0.717, 1.165) is 32.0 Å². The molecule has 144 valence electrons. The molecule has 1 heterocycles. The van der Waals surface area contributed by atoms with Gasteiger partial charge in [-0.3, -0.25) is 4.79 Å². The van der Waals surface area contributed by atoms with Crippen molar-refractivity contribution in [2.75, 3.05) is 5.75 Å². The Morgan fingerprint density at radius 1 is 1.07 bits per heavy atom. The van der Waals surface area contributed by atoms with Gasteiger partial charge in [0.05, 0.1) is 12.0 Å². The van der Waals surface area contributed by atoms with E-state index in [1.165, 1.54) is 17.3 Å². The van der Waals surface area contributed by atoms with Crippen molar-refractivity contribution in [3.05, 3.63) is 81.6 Å². The third kappa shape index (κ3) is 4.75. The molecule has 0 aliphatic heterocycles. The first-order valence-corrected chi connectivity index (χ1v) is 10.7. The smallest absolute Gasteiger partial charge is 0.250 e. The van der Waals surface area contributed by atoms with Gasteiger partial charge in [0, 0.05) is 32.0 Å². The predicted molar refractivity (Wildman–Crippen MR) is 121 cm³/mol. The topological polar surface area (TPSA) is 46.4 Å². The summed E-state index contributed by atoms with van der Waals surface area (Å²) in [5, 5.41) is 4.16. The number of carbonyl (C=O) groups is 1. The minimum absolute atomic E-state index is 0.131. The molecule has 3 aromatic rings. The number of carbonyl (C=O) groups excluding carboxylic acids is 1. The van der Waals surface area contributed by atoms with E-state index in [1.807, 2.05) is 37.3 Å². The van der Waals surface area contributed by atoms with Crippen molar-refractivity contribution in [1.29, 1.82) is 0 Å². The number of aromatic nitrogens is 1. The van der Waals surface area contributed by atoms with Crippen LogP contribution in [0, 0.1) is 20.8 Å². The van der Waals surface area contributed by atoms with Crippen LogP contribution in [0.15, 0.2) is 69.1 Å². The molecule has 0 aliphatic rings. The van der Waals surface area contributed by atoms with Gasteiger partial charge in [0.25, 0.3) is 0 Å². The summed E-state index contributed by atoms with van der Waals surface area (Å²) in [7, 11) is 0. The Hall–Kier alpha value is -2.31. The zero-order valence-electron chi connectivity index (χ0n) is 16.1. The number of hydrazone groups is 1. The van der Waals surface area contributed by atoms with E-state index in [4.69, 9.17) is 0 Å². The molecule has 0 saturated carbocycles. The monoisotopic (exact) mass is 455 g/mol. The van der Waals surface area contributed by atoms with Crippen molar-refractivity contribution in [3.8, 4) is 5.69 Å². The van der Waals surface area contributed by atoms with E-state index in [-0.39, 0.29) is 5.91 Å². The number of aryl methyl sites for hydroxylation is 1. The highest BCUT2D eigenvalue weighted by molar-refractivity contribution is 9.10. The van der Waals surface area contributed by atoms with Gasteiger partial charge in [0.1, 0.15) is 0 Å². The fraction of sp³-hybridized carbons (Fsp3) is 0.182. The lowest BCUT2D eigenvalue weighted by atomic mass is 10.2. The second-order valence-corrected chi connectivity index (χ2v) is 8.31. The summed E-state index contributed by atoms with van der Waals surface area (Å²) in [4.78, 5) is 13.1. The number of halogens is 1. The summed E-state index contributed by atoms with van der Waals surface area (Å²) >= 11 is 5.15. The predicted octanol–water partition coefficient (Wildman–Crippen LogP) is 5.41. The molecule has 28 heavy (non-hydrogen) atoms. The number of benzene rings is 2. The SMILES string of the molecule is Cc1ccc(-n2c(C)c(Br)c(/C=N\NC(=O)CSc3ccccc3)c2C)cc1. The van der Waals surface area contributed by atoms with Crippen molar-refractivity contribution in [2.24, 2.45) is 5.10 Å². The third-order valence-electron chi connectivity index (χ3n) is 4.40. The lowest BCUT2D eigenvalue weighted by Crippen LogP contribution is -2.19. The quantitative estimate of drug-likeness (QED) is 0.306. The fourth-order valence-corrected chi connectivity index (χ4v) is 4.20. The van der Waals surface area contributed by atoms with Gasteiger partial charge in [0.15, 0.2) is 0 Å². The second kappa shape index (κ2) is 9.26. The van der Waals surface area contributed by atoms with Gasteiger partial charge in [0.2, 0.25) is 5.91 Å². The molecule has 1 N–H and O–H groups in total. The number of nitrogens with one attached hydrogen (secondary N) is 1. The number of hydrogen-bond acceptors (Lipinski definition) is 3. The van der Waals surface area contributed by atoms with Crippen LogP contribution in [-0.4, -0.2) is 22.4 Å². The Kier molecular flexibility index (Phi) is 6.75. The summed E-state index contributed by atoms with van der Waals surface area (Å²) in [6.45, 7) is 6.18. The highest BCUT2D eigenvalue weighted by Crippen LogP contribution is 2.29. The summed E-state index contributed by atoms with van der Waals surface area (Å²) in [5.74, 6) is 0.193. The number of rotatable bonds is 6. The standard InChI is InChI=1S/C22H22BrN3OS/c1-15-9-11-18(12-10-15)26-16(2)20(22(23)17(26)3)13-24-25-21(27)14-28-19-7-5-4-6-8-19/h4-13H,14H2,1-3H3,(H,25,27)/b24-13-. The molecule has 0 spiro atoms. The van der Waals surface area contributed by atoms with E-state index in [0.29, 0.717) is 5.75 Å². The van der Waals surface area contributed by atoms with E-state index >= 15 is 0 Å². The zero-order chi connectivity index (χ0) is 20.1. The van der Waals surface area contributed by atoms with Gasteiger partial charge in [-0.1, -0.05) is 35.9 Å². The lowest BCUT2D eigenvalue weighted by molar-refractivity contribution is -0.118. The maximum atomic E-state index is 12.0. The molecule has 4 nitrogen and oxygen atoms in total. The summed E-state index contributed by atoms with van der Waals surface area (Å²) in [5.41, 5.74) is 8.04. The first kappa shape index (κ1) is 20.4. The van der Waals surface area contributed by atoms with Crippen molar-refractivity contribution in [3.63, 3.8) is 0 Å². The van der Waals surface area contributed by atoms with Gasteiger partial charge < -0.3 is 4.57 Å². The third-order valence-corrected chi connectivity index (χ3v) is 6.42. The maximum absolute atomic E-state index is 12.0. The van der Waals surface area contributed by atoms with E-state index in [2.05, 4.69) is 69.1 Å². The van der Waals surface area contributed by atoms with E-state index < -0.39 is 0 Å². The van der Waals surface area contributed by atoms with Gasteiger partial charge >= 0.3 is 0 Å². The first-order chi connectivity index (χ1) is 13.5. The Morgan fingerprint density at radius 3 is 2.43 bits per heavy atom. The molecule has 0 fully saturated rings. The molecule has 1 amide bonds.